The highest BCUT2D eigenvalue weighted by Crippen LogP contribution is 2.12. The Hall–Kier alpha value is -2.59. The van der Waals surface area contributed by atoms with Crippen molar-refractivity contribution in [2.24, 2.45) is 0 Å². The van der Waals surface area contributed by atoms with Crippen molar-refractivity contribution < 1.29 is 4.79 Å². The summed E-state index contributed by atoms with van der Waals surface area (Å²) in [7, 11) is 0. The van der Waals surface area contributed by atoms with Gasteiger partial charge in [-0.25, -0.2) is 0 Å². The van der Waals surface area contributed by atoms with Gasteiger partial charge in [-0.15, -0.1) is 0 Å². The molecule has 24 heavy (non-hydrogen) atoms. The first kappa shape index (κ1) is 16.3. The zero-order chi connectivity index (χ0) is 17.1. The van der Waals surface area contributed by atoms with Gasteiger partial charge in [0.25, 0.3) is 5.91 Å². The summed E-state index contributed by atoms with van der Waals surface area (Å²) in [6.45, 7) is 1.90. The predicted octanol–water partition coefficient (Wildman–Crippen LogP) is 3.54. The number of carbonyl (C=O) groups excluding carboxylic acids is 1. The number of H-pyrrole nitrogens is 1. The molecule has 0 aliphatic carbocycles. The van der Waals surface area contributed by atoms with Crippen LogP contribution in [0.25, 0.3) is 10.9 Å². The Bertz CT molecular complexity index is 949. The molecule has 2 aromatic carbocycles. The van der Waals surface area contributed by atoms with Crippen LogP contribution in [0.15, 0.2) is 59.5 Å². The summed E-state index contributed by atoms with van der Waals surface area (Å²) in [6, 6.07) is 14.5. The van der Waals surface area contributed by atoms with Gasteiger partial charge in [-0.05, 0) is 43.2 Å². The van der Waals surface area contributed by atoms with E-state index in [1.54, 1.807) is 18.2 Å². The Morgan fingerprint density at radius 3 is 2.79 bits per heavy atom. The molecule has 1 amide bonds. The quantitative estimate of drug-likeness (QED) is 0.763. The molecule has 5 heteroatoms. The number of aromatic nitrogens is 1. The lowest BCUT2D eigenvalue weighted by atomic mass is 10.1. The van der Waals surface area contributed by atoms with Crippen LogP contribution in [0, 0.1) is 0 Å². The second-order valence-electron chi connectivity index (χ2n) is 5.79. The van der Waals surface area contributed by atoms with Gasteiger partial charge in [-0.3, -0.25) is 9.59 Å². The van der Waals surface area contributed by atoms with Crippen LogP contribution in [0.2, 0.25) is 5.02 Å². The second kappa shape index (κ2) is 6.89. The smallest absolute Gasteiger partial charge is 0.256 e. The monoisotopic (exact) mass is 340 g/mol. The van der Waals surface area contributed by atoms with Crippen molar-refractivity contribution >= 4 is 28.4 Å². The van der Waals surface area contributed by atoms with Crippen LogP contribution in [0.4, 0.5) is 0 Å². The summed E-state index contributed by atoms with van der Waals surface area (Å²) in [5, 5.41) is 4.04. The molecule has 0 radical (unpaired) electrons. The number of fused-ring (bicyclic) bond motifs is 1. The standard InChI is InChI=1S/C19H17ClN2O2/c1-12(9-13-5-4-6-14(20)10-13)22-19(24)16-11-21-17-8-3-2-7-15(17)18(16)23/h2-8,10-12H,9H2,1H3,(H,21,23)(H,22,24)/t12-/m1/s1. The molecule has 2 N–H and O–H groups in total. The Labute approximate surface area is 144 Å². The minimum absolute atomic E-state index is 0.117. The number of pyridine rings is 1. The zero-order valence-electron chi connectivity index (χ0n) is 13.2. The molecule has 122 valence electrons. The number of aromatic amines is 1. The van der Waals surface area contributed by atoms with Crippen LogP contribution in [-0.2, 0) is 6.42 Å². The fourth-order valence-electron chi connectivity index (χ4n) is 2.71. The van der Waals surface area contributed by atoms with Crippen molar-refractivity contribution in [2.45, 2.75) is 19.4 Å². The second-order valence-corrected chi connectivity index (χ2v) is 6.22. The zero-order valence-corrected chi connectivity index (χ0v) is 13.9. The highest BCUT2D eigenvalue weighted by molar-refractivity contribution is 6.30. The maximum Gasteiger partial charge on any atom is 0.256 e. The summed E-state index contributed by atoms with van der Waals surface area (Å²) < 4.78 is 0. The van der Waals surface area contributed by atoms with E-state index in [1.165, 1.54) is 6.20 Å². The average Bonchev–Trinajstić information content (AvgIpc) is 2.55. The van der Waals surface area contributed by atoms with Gasteiger partial charge in [0.05, 0.1) is 0 Å². The van der Waals surface area contributed by atoms with Gasteiger partial charge in [0, 0.05) is 28.2 Å². The molecule has 1 aromatic heterocycles. The van der Waals surface area contributed by atoms with Crippen molar-refractivity contribution in [3.05, 3.63) is 81.1 Å². The predicted molar refractivity (Wildman–Crippen MR) is 96.7 cm³/mol. The molecule has 3 aromatic rings. The summed E-state index contributed by atoms with van der Waals surface area (Å²) in [5.41, 5.74) is 1.59. The van der Waals surface area contributed by atoms with E-state index in [-0.39, 0.29) is 22.9 Å². The van der Waals surface area contributed by atoms with Crippen LogP contribution < -0.4 is 10.7 Å². The van der Waals surface area contributed by atoms with E-state index < -0.39 is 0 Å². The summed E-state index contributed by atoms with van der Waals surface area (Å²) >= 11 is 5.97. The number of amides is 1. The largest absolute Gasteiger partial charge is 0.360 e. The van der Waals surface area contributed by atoms with E-state index in [2.05, 4.69) is 10.3 Å². The molecule has 0 aliphatic heterocycles. The van der Waals surface area contributed by atoms with Gasteiger partial charge >= 0.3 is 0 Å². The fraction of sp³-hybridized carbons (Fsp3) is 0.158. The number of rotatable bonds is 4. The molecule has 4 nitrogen and oxygen atoms in total. The van der Waals surface area contributed by atoms with Crippen molar-refractivity contribution in [1.29, 1.82) is 0 Å². The van der Waals surface area contributed by atoms with Crippen molar-refractivity contribution in [1.82, 2.24) is 10.3 Å². The van der Waals surface area contributed by atoms with Crippen molar-refractivity contribution in [3.8, 4) is 0 Å². The Morgan fingerprint density at radius 1 is 1.21 bits per heavy atom. The normalized spacial score (nSPS) is 12.1. The summed E-state index contributed by atoms with van der Waals surface area (Å²) in [6.07, 6.45) is 2.10. The van der Waals surface area contributed by atoms with Gasteiger partial charge in [0.15, 0.2) is 0 Å². The first-order valence-electron chi connectivity index (χ1n) is 7.70. The van der Waals surface area contributed by atoms with Crippen molar-refractivity contribution in [2.75, 3.05) is 0 Å². The number of hydrogen-bond donors (Lipinski definition) is 2. The molecule has 1 atom stereocenters. The number of carbonyl (C=O) groups is 1. The van der Waals surface area contributed by atoms with Crippen LogP contribution in [0.3, 0.4) is 0 Å². The van der Waals surface area contributed by atoms with Gasteiger partial charge in [0.2, 0.25) is 5.43 Å². The number of benzene rings is 2. The van der Waals surface area contributed by atoms with Crippen LogP contribution in [0.1, 0.15) is 22.8 Å². The molecule has 0 bridgehead atoms. The first-order valence-corrected chi connectivity index (χ1v) is 8.08. The minimum Gasteiger partial charge on any atom is -0.360 e. The minimum atomic E-state index is -0.378. The topological polar surface area (TPSA) is 62.0 Å². The third kappa shape index (κ3) is 3.49. The Balaban J connectivity index is 1.77. The van der Waals surface area contributed by atoms with Crippen molar-refractivity contribution in [3.63, 3.8) is 0 Å². The lowest BCUT2D eigenvalue weighted by Gasteiger charge is -2.14. The van der Waals surface area contributed by atoms with E-state index in [0.29, 0.717) is 22.3 Å². The number of nitrogens with one attached hydrogen (secondary N) is 2. The molecular formula is C19H17ClN2O2. The molecule has 0 aliphatic rings. The van der Waals surface area contributed by atoms with E-state index >= 15 is 0 Å². The number of para-hydroxylation sites is 1. The third-order valence-electron chi connectivity index (χ3n) is 3.84. The first-order chi connectivity index (χ1) is 11.5. The lowest BCUT2D eigenvalue weighted by molar-refractivity contribution is 0.0939. The molecule has 1 heterocycles. The van der Waals surface area contributed by atoms with Crippen LogP contribution >= 0.6 is 11.6 Å². The molecular weight excluding hydrogens is 324 g/mol. The van der Waals surface area contributed by atoms with Crippen LogP contribution in [0.5, 0.6) is 0 Å². The molecule has 0 spiro atoms. The van der Waals surface area contributed by atoms with Gasteiger partial charge in [-0.2, -0.15) is 0 Å². The van der Waals surface area contributed by atoms with E-state index in [1.807, 2.05) is 37.3 Å². The Kier molecular flexibility index (Phi) is 4.67. The lowest BCUT2D eigenvalue weighted by Crippen LogP contribution is -2.36. The molecule has 3 rings (SSSR count). The molecule has 0 fully saturated rings. The maximum atomic E-state index is 12.5. The Morgan fingerprint density at radius 2 is 2.00 bits per heavy atom. The van der Waals surface area contributed by atoms with Gasteiger partial charge < -0.3 is 10.3 Å². The fourth-order valence-corrected chi connectivity index (χ4v) is 2.92. The highest BCUT2D eigenvalue weighted by Gasteiger charge is 2.15. The average molecular weight is 341 g/mol. The number of halogens is 1. The number of hydrogen-bond acceptors (Lipinski definition) is 2. The van der Waals surface area contributed by atoms with Gasteiger partial charge in [0.1, 0.15) is 5.56 Å². The summed E-state index contributed by atoms with van der Waals surface area (Å²) in [5.74, 6) is -0.378. The van der Waals surface area contributed by atoms with E-state index in [4.69, 9.17) is 11.6 Å². The van der Waals surface area contributed by atoms with E-state index in [0.717, 1.165) is 5.56 Å². The maximum absolute atomic E-state index is 12.5. The highest BCUT2D eigenvalue weighted by atomic mass is 35.5. The molecule has 0 saturated heterocycles. The van der Waals surface area contributed by atoms with E-state index in [9.17, 15) is 9.59 Å². The molecule has 0 saturated carbocycles. The SMILES string of the molecule is C[C@H](Cc1cccc(Cl)c1)NC(=O)c1c[nH]c2ccccc2c1=O. The third-order valence-corrected chi connectivity index (χ3v) is 4.08. The van der Waals surface area contributed by atoms with Gasteiger partial charge in [-0.1, -0.05) is 35.9 Å². The molecule has 0 unspecified atom stereocenters. The summed E-state index contributed by atoms with van der Waals surface area (Å²) in [4.78, 5) is 27.9. The van der Waals surface area contributed by atoms with Crippen LogP contribution in [-0.4, -0.2) is 16.9 Å².